The molecule has 0 saturated carbocycles. The van der Waals surface area contributed by atoms with Crippen molar-refractivity contribution in [1.82, 2.24) is 9.97 Å². The molecular weight excluding hydrogens is 235 g/mol. The third-order valence-electron chi connectivity index (χ3n) is 1.36. The predicted molar refractivity (Wildman–Crippen MR) is 57.6 cm³/mol. The van der Waals surface area contributed by atoms with E-state index in [1.165, 1.54) is 11.3 Å². The van der Waals surface area contributed by atoms with Crippen LogP contribution in [-0.2, 0) is 0 Å². The van der Waals surface area contributed by atoms with Crippen molar-refractivity contribution in [2.75, 3.05) is 0 Å². The van der Waals surface area contributed by atoms with E-state index >= 15 is 0 Å². The molecule has 0 aliphatic carbocycles. The number of hydrogen-bond donors (Lipinski definition) is 2. The summed E-state index contributed by atoms with van der Waals surface area (Å²) in [5.41, 5.74) is -0.782. The molecule has 2 aromatic heterocycles. The van der Waals surface area contributed by atoms with Gasteiger partial charge in [-0.25, -0.2) is 4.79 Å². The van der Waals surface area contributed by atoms with Crippen LogP contribution in [-0.4, -0.2) is 9.97 Å². The quantitative estimate of drug-likeness (QED) is 0.725. The fourth-order valence-corrected chi connectivity index (χ4v) is 1.67. The second kappa shape index (κ2) is 4.45. The average Bonchev–Trinajstić information content (AvgIpc) is 2.34. The van der Waals surface area contributed by atoms with Gasteiger partial charge in [-0.15, -0.1) is 36.2 Å². The summed E-state index contributed by atoms with van der Waals surface area (Å²) in [5, 5.41) is 2.30. The van der Waals surface area contributed by atoms with Gasteiger partial charge in [0.05, 0.1) is 5.39 Å². The third-order valence-corrected chi connectivity index (χ3v) is 2.19. The average molecular weight is 241 g/mol. The SMILES string of the molecule is Cl.Cl.O=c1[nH]c(=O)c2ccsc2[nH]1. The molecule has 0 fully saturated rings. The number of aromatic nitrogens is 2. The number of fused-ring (bicyclic) bond motifs is 1. The molecule has 2 rings (SSSR count). The second-order valence-corrected chi connectivity index (χ2v) is 2.99. The van der Waals surface area contributed by atoms with E-state index in [-0.39, 0.29) is 30.4 Å². The Hall–Kier alpha value is -0.780. The number of rotatable bonds is 0. The number of aromatic amines is 2. The molecule has 2 heterocycles. The van der Waals surface area contributed by atoms with E-state index < -0.39 is 5.69 Å². The first-order chi connectivity index (χ1) is 5.27. The lowest BCUT2D eigenvalue weighted by Crippen LogP contribution is -2.20. The topological polar surface area (TPSA) is 65.7 Å². The largest absolute Gasteiger partial charge is 0.326 e. The van der Waals surface area contributed by atoms with E-state index in [2.05, 4.69) is 9.97 Å². The van der Waals surface area contributed by atoms with E-state index in [0.717, 1.165) is 0 Å². The highest BCUT2D eigenvalue weighted by Crippen LogP contribution is 2.10. The maximum Gasteiger partial charge on any atom is 0.326 e. The Balaban J connectivity index is 0.000000720. The predicted octanol–water partition coefficient (Wildman–Crippen LogP) is 1.12. The Morgan fingerprint density at radius 3 is 2.54 bits per heavy atom. The molecule has 4 nitrogen and oxygen atoms in total. The van der Waals surface area contributed by atoms with E-state index in [1.54, 1.807) is 11.4 Å². The minimum Gasteiger partial charge on any atom is -0.298 e. The highest BCUT2D eigenvalue weighted by molar-refractivity contribution is 7.16. The van der Waals surface area contributed by atoms with Gasteiger partial charge in [0.1, 0.15) is 4.83 Å². The Morgan fingerprint density at radius 2 is 1.85 bits per heavy atom. The van der Waals surface area contributed by atoms with Crippen LogP contribution in [0.5, 0.6) is 0 Å². The summed E-state index contributed by atoms with van der Waals surface area (Å²) in [7, 11) is 0. The molecule has 0 bridgehead atoms. The summed E-state index contributed by atoms with van der Waals surface area (Å²) in [6, 6.07) is 1.68. The Morgan fingerprint density at radius 1 is 1.15 bits per heavy atom. The van der Waals surface area contributed by atoms with Crippen molar-refractivity contribution in [3.63, 3.8) is 0 Å². The first-order valence-electron chi connectivity index (χ1n) is 2.97. The molecule has 0 aliphatic rings. The minimum atomic E-state index is -0.454. The highest BCUT2D eigenvalue weighted by atomic mass is 35.5. The molecule has 0 saturated heterocycles. The third kappa shape index (κ3) is 2.12. The van der Waals surface area contributed by atoms with Gasteiger partial charge in [0, 0.05) is 0 Å². The van der Waals surface area contributed by atoms with Crippen molar-refractivity contribution in [2.24, 2.45) is 0 Å². The molecule has 13 heavy (non-hydrogen) atoms. The number of hydrogen-bond acceptors (Lipinski definition) is 3. The van der Waals surface area contributed by atoms with E-state index in [0.29, 0.717) is 10.2 Å². The molecule has 0 spiro atoms. The molecular formula is C6H6Cl2N2O2S. The minimum absolute atomic E-state index is 0. The molecule has 72 valence electrons. The monoisotopic (exact) mass is 240 g/mol. The van der Waals surface area contributed by atoms with Gasteiger partial charge in [-0.3, -0.25) is 14.8 Å². The lowest BCUT2D eigenvalue weighted by Gasteiger charge is -1.84. The Kier molecular flexibility index (Phi) is 4.19. The molecule has 0 aliphatic heterocycles. The molecule has 0 aromatic carbocycles. The lowest BCUT2D eigenvalue weighted by molar-refractivity contribution is 1.09. The van der Waals surface area contributed by atoms with Gasteiger partial charge >= 0.3 is 5.69 Å². The Bertz CT molecular complexity index is 501. The van der Waals surface area contributed by atoms with E-state index in [1.807, 2.05) is 0 Å². The standard InChI is InChI=1S/C6H4N2O2S.2ClH/c9-4-3-1-2-11-5(3)8-6(10)7-4;;/h1-2H,(H2,7,8,9,10);2*1H. The number of nitrogens with one attached hydrogen (secondary N) is 2. The van der Waals surface area contributed by atoms with Gasteiger partial charge in [-0.05, 0) is 11.4 Å². The maximum absolute atomic E-state index is 11.0. The number of H-pyrrole nitrogens is 2. The Labute approximate surface area is 88.8 Å². The van der Waals surface area contributed by atoms with Crippen LogP contribution >= 0.6 is 36.2 Å². The van der Waals surface area contributed by atoms with Crippen molar-refractivity contribution < 1.29 is 0 Å². The molecule has 0 unspecified atom stereocenters. The number of thiophene rings is 1. The molecule has 2 aromatic rings. The second-order valence-electron chi connectivity index (χ2n) is 2.07. The van der Waals surface area contributed by atoms with Crippen LogP contribution in [0.25, 0.3) is 10.2 Å². The van der Waals surface area contributed by atoms with Crippen LogP contribution < -0.4 is 11.2 Å². The fraction of sp³-hybridized carbons (Fsp3) is 0. The van der Waals surface area contributed by atoms with Crippen LogP contribution in [0.4, 0.5) is 0 Å². The van der Waals surface area contributed by atoms with Crippen molar-refractivity contribution in [3.05, 3.63) is 32.3 Å². The smallest absolute Gasteiger partial charge is 0.298 e. The molecule has 0 atom stereocenters. The van der Waals surface area contributed by atoms with Crippen molar-refractivity contribution in [1.29, 1.82) is 0 Å². The van der Waals surface area contributed by atoms with Crippen LogP contribution in [0.3, 0.4) is 0 Å². The van der Waals surface area contributed by atoms with Gasteiger partial charge in [0.2, 0.25) is 0 Å². The first-order valence-corrected chi connectivity index (χ1v) is 3.85. The molecule has 0 amide bonds. The molecule has 0 radical (unpaired) electrons. The van der Waals surface area contributed by atoms with E-state index in [4.69, 9.17) is 0 Å². The van der Waals surface area contributed by atoms with Crippen LogP contribution in [0, 0.1) is 0 Å². The van der Waals surface area contributed by atoms with Crippen molar-refractivity contribution in [2.45, 2.75) is 0 Å². The zero-order valence-corrected chi connectivity index (χ0v) is 8.65. The van der Waals surface area contributed by atoms with Gasteiger partial charge in [0.25, 0.3) is 5.56 Å². The lowest BCUT2D eigenvalue weighted by atomic mass is 10.4. The van der Waals surface area contributed by atoms with Gasteiger partial charge in [-0.2, -0.15) is 0 Å². The summed E-state index contributed by atoms with van der Waals surface area (Å²) in [4.78, 5) is 27.0. The number of halogens is 2. The maximum atomic E-state index is 11.0. The zero-order chi connectivity index (χ0) is 7.84. The first kappa shape index (κ1) is 12.2. The summed E-state index contributed by atoms with van der Waals surface area (Å²) in [6.45, 7) is 0. The summed E-state index contributed by atoms with van der Waals surface area (Å²) in [5.74, 6) is 0. The normalized spacial score (nSPS) is 8.92. The fourth-order valence-electron chi connectivity index (χ4n) is 0.890. The molecule has 2 N–H and O–H groups in total. The van der Waals surface area contributed by atoms with E-state index in [9.17, 15) is 9.59 Å². The van der Waals surface area contributed by atoms with Crippen LogP contribution in [0.2, 0.25) is 0 Å². The van der Waals surface area contributed by atoms with Crippen LogP contribution in [0.15, 0.2) is 21.0 Å². The van der Waals surface area contributed by atoms with Crippen LogP contribution in [0.1, 0.15) is 0 Å². The van der Waals surface area contributed by atoms with Crippen molar-refractivity contribution in [3.8, 4) is 0 Å². The summed E-state index contributed by atoms with van der Waals surface area (Å²) < 4.78 is 0. The highest BCUT2D eigenvalue weighted by Gasteiger charge is 1.98. The van der Waals surface area contributed by atoms with Gasteiger partial charge < -0.3 is 0 Å². The van der Waals surface area contributed by atoms with Gasteiger partial charge in [0.15, 0.2) is 0 Å². The zero-order valence-electron chi connectivity index (χ0n) is 6.20. The van der Waals surface area contributed by atoms with Crippen molar-refractivity contribution >= 4 is 46.4 Å². The summed E-state index contributed by atoms with van der Waals surface area (Å²) >= 11 is 1.34. The molecule has 7 heteroatoms. The summed E-state index contributed by atoms with van der Waals surface area (Å²) in [6.07, 6.45) is 0. The van der Waals surface area contributed by atoms with Gasteiger partial charge in [-0.1, -0.05) is 0 Å².